The summed E-state index contributed by atoms with van der Waals surface area (Å²) in [5.74, 6) is -0.105. The number of carbonyl (C=O) groups is 2. The van der Waals surface area contributed by atoms with Gasteiger partial charge in [-0.1, -0.05) is 0 Å². The maximum absolute atomic E-state index is 12.5. The van der Waals surface area contributed by atoms with Gasteiger partial charge < -0.3 is 14.8 Å². The van der Waals surface area contributed by atoms with Crippen LogP contribution < -0.4 is 5.32 Å². The second kappa shape index (κ2) is 6.86. The van der Waals surface area contributed by atoms with E-state index >= 15 is 0 Å². The van der Waals surface area contributed by atoms with Crippen LogP contribution in [0.5, 0.6) is 0 Å². The minimum absolute atomic E-state index is 0.0314. The average molecular weight is 312 g/mol. The molecule has 2 fully saturated rings. The number of likely N-dealkylation sites (tertiary alicyclic amines) is 1. The van der Waals surface area contributed by atoms with Crippen molar-refractivity contribution in [3.8, 4) is 0 Å². The van der Waals surface area contributed by atoms with Crippen LogP contribution in [-0.4, -0.2) is 53.8 Å². The Balaban J connectivity index is 1.91. The second-order valence-electron chi connectivity index (χ2n) is 7.18. The van der Waals surface area contributed by atoms with E-state index in [0.717, 1.165) is 25.9 Å². The smallest absolute Gasteiger partial charge is 0.410 e. The number of ether oxygens (including phenoxy) is 2. The number of nitrogens with one attached hydrogen (secondary N) is 1. The molecule has 1 N–H and O–H groups in total. The molecule has 0 aromatic carbocycles. The van der Waals surface area contributed by atoms with Gasteiger partial charge in [-0.25, -0.2) is 4.79 Å². The second-order valence-corrected chi connectivity index (χ2v) is 7.18. The zero-order chi connectivity index (χ0) is 16.3. The van der Waals surface area contributed by atoms with Crippen LogP contribution in [0.3, 0.4) is 0 Å². The maximum atomic E-state index is 12.5. The number of nitrogens with zero attached hydrogens (tertiary/aromatic N) is 1. The van der Waals surface area contributed by atoms with E-state index in [0.29, 0.717) is 13.0 Å². The Kier molecular flexibility index (Phi) is 5.32. The molecule has 2 aliphatic rings. The molecule has 0 saturated carbocycles. The molecule has 0 bridgehead atoms. The first-order valence-corrected chi connectivity index (χ1v) is 8.19. The standard InChI is InChI=1S/C16H28N2O4/c1-11(13-8-6-10-21-13)17-14(19)12-7-5-9-18(12)15(20)22-16(2,3)4/h11-13H,5-10H2,1-4H3,(H,17,19)/t11-,12+,13+/m0/s1. The van der Waals surface area contributed by atoms with Crippen molar-refractivity contribution >= 4 is 12.0 Å². The van der Waals surface area contributed by atoms with Crippen LogP contribution in [0.25, 0.3) is 0 Å². The van der Waals surface area contributed by atoms with E-state index < -0.39 is 17.7 Å². The Labute approximate surface area is 132 Å². The topological polar surface area (TPSA) is 67.9 Å². The summed E-state index contributed by atoms with van der Waals surface area (Å²) in [4.78, 5) is 26.2. The number of hydrogen-bond donors (Lipinski definition) is 1. The third-order valence-corrected chi connectivity index (χ3v) is 4.08. The summed E-state index contributed by atoms with van der Waals surface area (Å²) < 4.78 is 11.0. The minimum Gasteiger partial charge on any atom is -0.444 e. The Hall–Kier alpha value is -1.30. The number of hydrogen-bond acceptors (Lipinski definition) is 4. The fourth-order valence-electron chi connectivity index (χ4n) is 2.99. The summed E-state index contributed by atoms with van der Waals surface area (Å²) in [6.07, 6.45) is 3.20. The summed E-state index contributed by atoms with van der Waals surface area (Å²) in [6.45, 7) is 8.78. The predicted molar refractivity (Wildman–Crippen MR) is 82.5 cm³/mol. The molecule has 126 valence electrons. The van der Waals surface area contributed by atoms with E-state index in [1.807, 2.05) is 27.7 Å². The Bertz CT molecular complexity index is 413. The monoisotopic (exact) mass is 312 g/mol. The van der Waals surface area contributed by atoms with Crippen LogP contribution in [0.1, 0.15) is 53.4 Å². The van der Waals surface area contributed by atoms with Crippen molar-refractivity contribution < 1.29 is 19.1 Å². The first kappa shape index (κ1) is 17.1. The van der Waals surface area contributed by atoms with E-state index in [9.17, 15) is 9.59 Å². The van der Waals surface area contributed by atoms with E-state index in [1.165, 1.54) is 0 Å². The van der Waals surface area contributed by atoms with Crippen molar-refractivity contribution in [2.24, 2.45) is 0 Å². The van der Waals surface area contributed by atoms with Gasteiger partial charge in [0.15, 0.2) is 0 Å². The van der Waals surface area contributed by atoms with Crippen molar-refractivity contribution in [1.82, 2.24) is 10.2 Å². The highest BCUT2D eigenvalue weighted by atomic mass is 16.6. The van der Waals surface area contributed by atoms with Crippen LogP contribution in [-0.2, 0) is 14.3 Å². The lowest BCUT2D eigenvalue weighted by atomic mass is 10.1. The quantitative estimate of drug-likeness (QED) is 0.866. The number of carbonyl (C=O) groups excluding carboxylic acids is 2. The Morgan fingerprint density at radius 3 is 2.59 bits per heavy atom. The summed E-state index contributed by atoms with van der Waals surface area (Å²) in [5.41, 5.74) is -0.550. The average Bonchev–Trinajstić information content (AvgIpc) is 3.08. The van der Waals surface area contributed by atoms with Crippen LogP contribution in [0, 0.1) is 0 Å². The molecule has 2 saturated heterocycles. The summed E-state index contributed by atoms with van der Waals surface area (Å²) in [5, 5.41) is 3.00. The molecule has 2 rings (SSSR count). The molecule has 22 heavy (non-hydrogen) atoms. The SMILES string of the molecule is C[C@H](NC(=O)[C@H]1CCCN1C(=O)OC(C)(C)C)[C@H]1CCCO1. The third kappa shape index (κ3) is 4.35. The fourth-order valence-corrected chi connectivity index (χ4v) is 2.99. The normalized spacial score (nSPS) is 26.8. The molecule has 6 heteroatoms. The van der Waals surface area contributed by atoms with Gasteiger partial charge in [0.2, 0.25) is 5.91 Å². The lowest BCUT2D eigenvalue weighted by Crippen LogP contribution is -2.51. The van der Waals surface area contributed by atoms with Gasteiger partial charge in [0, 0.05) is 13.2 Å². The van der Waals surface area contributed by atoms with Crippen LogP contribution >= 0.6 is 0 Å². The lowest BCUT2D eigenvalue weighted by Gasteiger charge is -2.29. The summed E-state index contributed by atoms with van der Waals surface area (Å²) in [6, 6.07) is -0.463. The van der Waals surface area contributed by atoms with Crippen molar-refractivity contribution in [1.29, 1.82) is 0 Å². The van der Waals surface area contributed by atoms with E-state index in [4.69, 9.17) is 9.47 Å². The van der Waals surface area contributed by atoms with Gasteiger partial charge in [0.05, 0.1) is 12.1 Å². The molecule has 6 nitrogen and oxygen atoms in total. The summed E-state index contributed by atoms with van der Waals surface area (Å²) >= 11 is 0. The Morgan fingerprint density at radius 1 is 1.27 bits per heavy atom. The Morgan fingerprint density at radius 2 is 2.00 bits per heavy atom. The molecule has 3 atom stereocenters. The molecule has 0 spiro atoms. The largest absolute Gasteiger partial charge is 0.444 e. The van der Waals surface area contributed by atoms with Crippen LogP contribution in [0.2, 0.25) is 0 Å². The van der Waals surface area contributed by atoms with Gasteiger partial charge >= 0.3 is 6.09 Å². The summed E-state index contributed by atoms with van der Waals surface area (Å²) in [7, 11) is 0. The lowest BCUT2D eigenvalue weighted by molar-refractivity contribution is -0.127. The van der Waals surface area contributed by atoms with E-state index in [1.54, 1.807) is 4.90 Å². The molecule has 0 radical (unpaired) electrons. The molecule has 0 aliphatic carbocycles. The molecule has 2 heterocycles. The molecular formula is C16H28N2O4. The molecule has 2 aliphatic heterocycles. The molecule has 2 amide bonds. The highest BCUT2D eigenvalue weighted by molar-refractivity contribution is 5.86. The van der Waals surface area contributed by atoms with Gasteiger partial charge in [-0.2, -0.15) is 0 Å². The van der Waals surface area contributed by atoms with Gasteiger partial charge in [0.25, 0.3) is 0 Å². The number of rotatable bonds is 3. The first-order valence-electron chi connectivity index (χ1n) is 8.19. The van der Waals surface area contributed by atoms with Crippen LogP contribution in [0.4, 0.5) is 4.79 Å². The highest BCUT2D eigenvalue weighted by Gasteiger charge is 2.37. The van der Waals surface area contributed by atoms with Crippen molar-refractivity contribution in [3.63, 3.8) is 0 Å². The van der Waals surface area contributed by atoms with E-state index in [2.05, 4.69) is 5.32 Å². The van der Waals surface area contributed by atoms with Crippen molar-refractivity contribution in [3.05, 3.63) is 0 Å². The molecule has 0 unspecified atom stereocenters. The zero-order valence-corrected chi connectivity index (χ0v) is 14.1. The van der Waals surface area contributed by atoms with Crippen LogP contribution in [0.15, 0.2) is 0 Å². The van der Waals surface area contributed by atoms with Crippen molar-refractivity contribution in [2.45, 2.75) is 77.2 Å². The third-order valence-electron chi connectivity index (χ3n) is 4.08. The minimum atomic E-state index is -0.550. The van der Waals surface area contributed by atoms with Gasteiger partial charge in [-0.05, 0) is 53.4 Å². The van der Waals surface area contributed by atoms with E-state index in [-0.39, 0.29) is 18.1 Å². The molecule has 0 aromatic rings. The number of amides is 2. The zero-order valence-electron chi connectivity index (χ0n) is 14.1. The molecular weight excluding hydrogens is 284 g/mol. The van der Waals surface area contributed by atoms with Gasteiger partial charge in [-0.15, -0.1) is 0 Å². The maximum Gasteiger partial charge on any atom is 0.410 e. The van der Waals surface area contributed by atoms with Gasteiger partial charge in [0.1, 0.15) is 11.6 Å². The molecule has 0 aromatic heterocycles. The predicted octanol–water partition coefficient (Wildman–Crippen LogP) is 2.07. The highest BCUT2D eigenvalue weighted by Crippen LogP contribution is 2.22. The first-order chi connectivity index (χ1) is 10.3. The fraction of sp³-hybridized carbons (Fsp3) is 0.875. The van der Waals surface area contributed by atoms with Gasteiger partial charge in [-0.3, -0.25) is 9.69 Å². The van der Waals surface area contributed by atoms with Crippen molar-refractivity contribution in [2.75, 3.05) is 13.2 Å².